The van der Waals surface area contributed by atoms with E-state index in [9.17, 15) is 13.2 Å². The molecule has 0 aromatic heterocycles. The second kappa shape index (κ2) is 9.29. The van der Waals surface area contributed by atoms with Crippen LogP contribution in [0.2, 0.25) is 6.04 Å². The van der Waals surface area contributed by atoms with Gasteiger partial charge in [-0.3, -0.25) is 0 Å². The van der Waals surface area contributed by atoms with E-state index in [2.05, 4.69) is 0 Å². The van der Waals surface area contributed by atoms with Crippen molar-refractivity contribution in [3.8, 4) is 11.1 Å². The van der Waals surface area contributed by atoms with Gasteiger partial charge in [0.25, 0.3) is 0 Å². The second-order valence-corrected chi connectivity index (χ2v) is 10.4. The van der Waals surface area contributed by atoms with Crippen LogP contribution in [0.5, 0.6) is 0 Å². The van der Waals surface area contributed by atoms with Crippen molar-refractivity contribution in [1.29, 1.82) is 0 Å². The van der Waals surface area contributed by atoms with E-state index in [0.717, 1.165) is 36.2 Å². The quantitative estimate of drug-likeness (QED) is 0.461. The Hall–Kier alpha value is -1.55. The Morgan fingerprint density at radius 2 is 1.33 bits per heavy atom. The Kier molecular flexibility index (Phi) is 6.71. The van der Waals surface area contributed by atoms with Crippen LogP contribution in [0.3, 0.4) is 0 Å². The standard InChI is InChI=1S/C26H33F3Si/c1-16-24(27)13-22(14-25(16)28)23-11-10-21(12-26(23)29)20-8-6-19(7-9-20)18-4-2-17(15-30)3-5-18/h10-14,17-20H,2-9,15H2,1,30H3. The summed E-state index contributed by atoms with van der Waals surface area (Å²) in [5, 5.41) is 0. The van der Waals surface area contributed by atoms with Crippen LogP contribution in [0, 0.1) is 42.1 Å². The molecule has 4 rings (SSSR count). The Balaban J connectivity index is 1.41. The molecule has 0 saturated heterocycles. The van der Waals surface area contributed by atoms with Crippen molar-refractivity contribution in [2.24, 2.45) is 17.8 Å². The molecule has 2 aromatic carbocycles. The molecule has 2 aliphatic rings. The third kappa shape index (κ3) is 4.54. The van der Waals surface area contributed by atoms with Crippen molar-refractivity contribution in [3.05, 3.63) is 58.9 Å². The van der Waals surface area contributed by atoms with E-state index in [-0.39, 0.29) is 16.7 Å². The Morgan fingerprint density at radius 3 is 1.87 bits per heavy atom. The van der Waals surface area contributed by atoms with Crippen LogP contribution in [-0.4, -0.2) is 10.2 Å². The lowest BCUT2D eigenvalue weighted by atomic mass is 9.68. The first-order valence-electron chi connectivity index (χ1n) is 11.7. The lowest BCUT2D eigenvalue weighted by molar-refractivity contribution is 0.165. The molecule has 30 heavy (non-hydrogen) atoms. The van der Waals surface area contributed by atoms with Gasteiger partial charge in [0.2, 0.25) is 0 Å². The lowest BCUT2D eigenvalue weighted by Gasteiger charge is -2.38. The minimum absolute atomic E-state index is 0.0300. The third-order valence-corrected chi connectivity index (χ3v) is 9.12. The van der Waals surface area contributed by atoms with Gasteiger partial charge >= 0.3 is 0 Å². The van der Waals surface area contributed by atoms with Gasteiger partial charge in [0.05, 0.1) is 0 Å². The van der Waals surface area contributed by atoms with E-state index in [4.69, 9.17) is 0 Å². The zero-order valence-electron chi connectivity index (χ0n) is 18.2. The second-order valence-electron chi connectivity index (χ2n) is 9.60. The van der Waals surface area contributed by atoms with Crippen LogP contribution in [0.4, 0.5) is 13.2 Å². The van der Waals surface area contributed by atoms with E-state index in [1.165, 1.54) is 73.9 Å². The zero-order valence-corrected chi connectivity index (χ0v) is 20.2. The predicted octanol–water partition coefficient (Wildman–Crippen LogP) is 6.94. The first kappa shape index (κ1) is 21.7. The van der Waals surface area contributed by atoms with Crippen LogP contribution in [0.15, 0.2) is 30.3 Å². The summed E-state index contributed by atoms with van der Waals surface area (Å²) >= 11 is 0. The molecule has 0 amide bonds. The molecule has 0 nitrogen and oxygen atoms in total. The molecule has 2 fully saturated rings. The van der Waals surface area contributed by atoms with Gasteiger partial charge in [-0.1, -0.05) is 31.0 Å². The zero-order chi connectivity index (χ0) is 21.3. The molecular weight excluding hydrogens is 397 g/mol. The maximum atomic E-state index is 14.9. The van der Waals surface area contributed by atoms with E-state index in [1.807, 2.05) is 6.07 Å². The van der Waals surface area contributed by atoms with Gasteiger partial charge in [0.15, 0.2) is 0 Å². The van der Waals surface area contributed by atoms with Crippen molar-refractivity contribution < 1.29 is 13.2 Å². The van der Waals surface area contributed by atoms with Crippen molar-refractivity contribution in [2.45, 2.75) is 70.3 Å². The van der Waals surface area contributed by atoms with Gasteiger partial charge in [-0.2, -0.15) is 0 Å². The minimum Gasteiger partial charge on any atom is -0.207 e. The van der Waals surface area contributed by atoms with Crippen LogP contribution in [0.1, 0.15) is 68.4 Å². The molecule has 0 radical (unpaired) electrons. The topological polar surface area (TPSA) is 0 Å². The largest absolute Gasteiger partial charge is 0.207 e. The summed E-state index contributed by atoms with van der Waals surface area (Å²) in [6, 6.07) is 9.13. The van der Waals surface area contributed by atoms with Gasteiger partial charge in [0, 0.05) is 21.4 Å². The third-order valence-electron chi connectivity index (χ3n) is 7.96. The van der Waals surface area contributed by atoms with E-state index in [0.29, 0.717) is 5.92 Å². The van der Waals surface area contributed by atoms with Gasteiger partial charge in [0.1, 0.15) is 17.5 Å². The Morgan fingerprint density at radius 1 is 0.767 bits per heavy atom. The number of benzene rings is 2. The minimum atomic E-state index is -0.637. The first-order chi connectivity index (χ1) is 14.5. The molecule has 2 saturated carbocycles. The van der Waals surface area contributed by atoms with Gasteiger partial charge in [-0.15, -0.1) is 0 Å². The number of hydrogen-bond donors (Lipinski definition) is 0. The maximum Gasteiger partial charge on any atom is 0.131 e. The molecule has 0 heterocycles. The summed E-state index contributed by atoms with van der Waals surface area (Å²) in [4.78, 5) is 0. The summed E-state index contributed by atoms with van der Waals surface area (Å²) in [5.74, 6) is 1.48. The van der Waals surface area contributed by atoms with Gasteiger partial charge in [-0.05, 0) is 98.4 Å². The molecule has 0 aliphatic heterocycles. The summed E-state index contributed by atoms with van der Waals surface area (Å²) < 4.78 is 42.6. The number of hydrogen-bond acceptors (Lipinski definition) is 0. The molecular formula is C26H33F3Si. The number of halogens is 3. The fourth-order valence-corrected chi connectivity index (χ4v) is 6.63. The first-order valence-corrected chi connectivity index (χ1v) is 13.1. The summed E-state index contributed by atoms with van der Waals surface area (Å²) in [6.07, 6.45) is 10.4. The summed E-state index contributed by atoms with van der Waals surface area (Å²) in [5.41, 5.74) is 1.52. The van der Waals surface area contributed by atoms with Crippen LogP contribution >= 0.6 is 0 Å². The number of rotatable bonds is 4. The normalized spacial score (nSPS) is 27.3. The van der Waals surface area contributed by atoms with E-state index < -0.39 is 17.5 Å². The Bertz CT molecular complexity index is 855. The average Bonchev–Trinajstić information content (AvgIpc) is 2.77. The molecule has 162 valence electrons. The maximum absolute atomic E-state index is 14.9. The van der Waals surface area contributed by atoms with Crippen molar-refractivity contribution in [2.75, 3.05) is 0 Å². The highest BCUT2D eigenvalue weighted by molar-refractivity contribution is 6.08. The van der Waals surface area contributed by atoms with Crippen LogP contribution < -0.4 is 0 Å². The average molecular weight is 431 g/mol. The lowest BCUT2D eigenvalue weighted by Crippen LogP contribution is -2.25. The highest BCUT2D eigenvalue weighted by Crippen LogP contribution is 2.44. The van der Waals surface area contributed by atoms with E-state index >= 15 is 0 Å². The molecule has 0 unspecified atom stereocenters. The smallest absolute Gasteiger partial charge is 0.131 e. The fraction of sp³-hybridized carbons (Fsp3) is 0.538. The van der Waals surface area contributed by atoms with Crippen molar-refractivity contribution in [1.82, 2.24) is 0 Å². The monoisotopic (exact) mass is 430 g/mol. The van der Waals surface area contributed by atoms with Gasteiger partial charge in [-0.25, -0.2) is 13.2 Å². The summed E-state index contributed by atoms with van der Waals surface area (Å²) in [6.45, 7) is 1.39. The summed E-state index contributed by atoms with van der Waals surface area (Å²) in [7, 11) is 1.34. The molecule has 2 aromatic rings. The Labute approximate surface area is 181 Å². The van der Waals surface area contributed by atoms with E-state index in [1.54, 1.807) is 12.1 Å². The highest BCUT2D eigenvalue weighted by atomic mass is 28.1. The molecule has 4 heteroatoms. The predicted molar refractivity (Wildman–Crippen MR) is 121 cm³/mol. The molecule has 0 atom stereocenters. The molecule has 2 aliphatic carbocycles. The fourth-order valence-electron chi connectivity index (χ4n) is 5.81. The van der Waals surface area contributed by atoms with Crippen molar-refractivity contribution >= 4 is 10.2 Å². The molecule has 0 N–H and O–H groups in total. The van der Waals surface area contributed by atoms with Crippen molar-refractivity contribution in [3.63, 3.8) is 0 Å². The molecule has 0 bridgehead atoms. The van der Waals surface area contributed by atoms with Crippen LogP contribution in [0.25, 0.3) is 11.1 Å². The highest BCUT2D eigenvalue weighted by Gasteiger charge is 2.31. The molecule has 0 spiro atoms. The SMILES string of the molecule is Cc1c(F)cc(-c2ccc(C3CCC(C4CCC(C[SiH3])CC4)CC3)cc2F)cc1F. The van der Waals surface area contributed by atoms with Crippen LogP contribution in [-0.2, 0) is 0 Å². The van der Waals surface area contributed by atoms with Gasteiger partial charge < -0.3 is 0 Å².